The lowest BCUT2D eigenvalue weighted by Gasteiger charge is -2.06. The zero-order valence-electron chi connectivity index (χ0n) is 5.93. The van der Waals surface area contributed by atoms with E-state index in [1.807, 2.05) is 6.07 Å². The molecule has 0 fully saturated rings. The second kappa shape index (κ2) is 3.96. The van der Waals surface area contributed by atoms with E-state index in [-0.39, 0.29) is 5.71 Å². The second-order valence-corrected chi connectivity index (χ2v) is 2.30. The van der Waals surface area contributed by atoms with E-state index in [0.717, 1.165) is 0 Å². The lowest BCUT2D eigenvalue weighted by Crippen LogP contribution is -2.28. The van der Waals surface area contributed by atoms with Crippen molar-refractivity contribution in [2.45, 2.75) is 6.92 Å². The van der Waals surface area contributed by atoms with Crippen molar-refractivity contribution in [2.75, 3.05) is 7.05 Å². The topological polar surface area (TPSA) is 59.7 Å². The molecule has 4 heteroatoms. The number of nitrogens with one attached hydrogen (secondary N) is 2. The molecule has 0 saturated carbocycles. The molecule has 0 radical (unpaired) electrons. The predicted octanol–water partition coefficient (Wildman–Crippen LogP) is 0.713. The third-order valence-corrected chi connectivity index (χ3v) is 1.51. The van der Waals surface area contributed by atoms with E-state index in [1.54, 1.807) is 14.0 Å². The van der Waals surface area contributed by atoms with E-state index < -0.39 is 5.92 Å². The molecule has 2 N–H and O–H groups in total. The van der Waals surface area contributed by atoms with Crippen LogP contribution in [0.3, 0.4) is 0 Å². The fourth-order valence-electron chi connectivity index (χ4n) is 0.496. The standard InChI is InChI=1S/C6H9N3S/c1-4(8)5(3-7)6(10)9-2/h5,8H,1-2H3,(H,9,10). The maximum Gasteiger partial charge on any atom is 0.133 e. The van der Waals surface area contributed by atoms with Crippen molar-refractivity contribution in [1.29, 1.82) is 10.7 Å². The Balaban J connectivity index is 4.25. The van der Waals surface area contributed by atoms with E-state index in [9.17, 15) is 0 Å². The van der Waals surface area contributed by atoms with Gasteiger partial charge in [0.05, 0.1) is 11.1 Å². The highest BCUT2D eigenvalue weighted by atomic mass is 32.1. The quantitative estimate of drug-likeness (QED) is 0.456. The van der Waals surface area contributed by atoms with Crippen LogP contribution in [0.4, 0.5) is 0 Å². The Morgan fingerprint density at radius 3 is 2.40 bits per heavy atom. The zero-order valence-corrected chi connectivity index (χ0v) is 6.75. The Morgan fingerprint density at radius 1 is 1.80 bits per heavy atom. The molecule has 0 heterocycles. The normalized spacial score (nSPS) is 11.3. The fourth-order valence-corrected chi connectivity index (χ4v) is 0.726. The van der Waals surface area contributed by atoms with Gasteiger partial charge in [-0.1, -0.05) is 12.2 Å². The number of thiocarbonyl (C=S) groups is 1. The Morgan fingerprint density at radius 2 is 2.30 bits per heavy atom. The van der Waals surface area contributed by atoms with Gasteiger partial charge < -0.3 is 10.7 Å². The second-order valence-electron chi connectivity index (χ2n) is 1.86. The third-order valence-electron chi connectivity index (χ3n) is 1.07. The minimum absolute atomic E-state index is 0.279. The summed E-state index contributed by atoms with van der Waals surface area (Å²) in [6.45, 7) is 1.57. The number of nitrogens with zero attached hydrogens (tertiary/aromatic N) is 1. The summed E-state index contributed by atoms with van der Waals surface area (Å²) < 4.78 is 0. The largest absolute Gasteiger partial charge is 0.381 e. The molecule has 0 spiro atoms. The van der Waals surface area contributed by atoms with Gasteiger partial charge in [-0.3, -0.25) is 0 Å². The smallest absolute Gasteiger partial charge is 0.133 e. The highest BCUT2D eigenvalue weighted by Crippen LogP contribution is 1.97. The number of hydrogen-bond acceptors (Lipinski definition) is 3. The average molecular weight is 155 g/mol. The Bertz CT molecular complexity index is 192. The van der Waals surface area contributed by atoms with Crippen LogP contribution in [-0.2, 0) is 0 Å². The summed E-state index contributed by atoms with van der Waals surface area (Å²) >= 11 is 4.78. The highest BCUT2D eigenvalue weighted by molar-refractivity contribution is 7.80. The van der Waals surface area contributed by atoms with Crippen molar-refractivity contribution in [3.8, 4) is 6.07 Å². The first-order valence-electron chi connectivity index (χ1n) is 2.79. The maximum atomic E-state index is 8.48. The van der Waals surface area contributed by atoms with Gasteiger partial charge in [0.1, 0.15) is 5.92 Å². The van der Waals surface area contributed by atoms with E-state index in [1.165, 1.54) is 0 Å². The fraction of sp³-hybridized carbons (Fsp3) is 0.500. The summed E-state index contributed by atoms with van der Waals surface area (Å²) in [6.07, 6.45) is 0. The summed E-state index contributed by atoms with van der Waals surface area (Å²) in [4.78, 5) is 0.412. The molecule has 54 valence electrons. The first kappa shape index (κ1) is 9.05. The Hall–Kier alpha value is -0.950. The molecular formula is C6H9N3S. The molecule has 3 nitrogen and oxygen atoms in total. The average Bonchev–Trinajstić information content (AvgIpc) is 1.88. The van der Waals surface area contributed by atoms with Crippen LogP contribution in [0.1, 0.15) is 6.92 Å². The molecule has 0 rings (SSSR count). The molecule has 0 bridgehead atoms. The molecule has 0 aromatic carbocycles. The summed E-state index contributed by atoms with van der Waals surface area (Å²) in [5, 5.41) is 18.3. The molecule has 10 heavy (non-hydrogen) atoms. The Kier molecular flexibility index (Phi) is 3.59. The summed E-state index contributed by atoms with van der Waals surface area (Å²) in [7, 11) is 1.65. The van der Waals surface area contributed by atoms with Gasteiger partial charge in [0, 0.05) is 12.8 Å². The molecular weight excluding hydrogens is 146 g/mol. The lowest BCUT2D eigenvalue weighted by atomic mass is 10.1. The lowest BCUT2D eigenvalue weighted by molar-refractivity contribution is 1.07. The van der Waals surface area contributed by atoms with E-state index in [4.69, 9.17) is 22.9 Å². The van der Waals surface area contributed by atoms with Crippen molar-refractivity contribution in [3.63, 3.8) is 0 Å². The molecule has 0 aromatic rings. The van der Waals surface area contributed by atoms with Crippen LogP contribution in [-0.4, -0.2) is 17.7 Å². The van der Waals surface area contributed by atoms with Gasteiger partial charge in [-0.15, -0.1) is 0 Å². The van der Waals surface area contributed by atoms with Gasteiger partial charge in [0.15, 0.2) is 0 Å². The van der Waals surface area contributed by atoms with Crippen LogP contribution in [0.5, 0.6) is 0 Å². The molecule has 0 amide bonds. The van der Waals surface area contributed by atoms with Crippen molar-refractivity contribution < 1.29 is 0 Å². The molecule has 0 aliphatic carbocycles. The monoisotopic (exact) mass is 155 g/mol. The van der Waals surface area contributed by atoms with Crippen LogP contribution < -0.4 is 5.32 Å². The van der Waals surface area contributed by atoms with Crippen molar-refractivity contribution in [1.82, 2.24) is 5.32 Å². The number of hydrogen-bond donors (Lipinski definition) is 2. The van der Waals surface area contributed by atoms with Crippen molar-refractivity contribution in [3.05, 3.63) is 0 Å². The first-order valence-corrected chi connectivity index (χ1v) is 3.20. The predicted molar refractivity (Wildman–Crippen MR) is 44.2 cm³/mol. The molecule has 0 aliphatic rings. The highest BCUT2D eigenvalue weighted by Gasteiger charge is 2.13. The zero-order chi connectivity index (χ0) is 8.15. The van der Waals surface area contributed by atoms with Crippen LogP contribution in [0.15, 0.2) is 0 Å². The van der Waals surface area contributed by atoms with Gasteiger partial charge in [0.25, 0.3) is 0 Å². The van der Waals surface area contributed by atoms with E-state index in [2.05, 4.69) is 5.32 Å². The van der Waals surface area contributed by atoms with E-state index in [0.29, 0.717) is 4.99 Å². The van der Waals surface area contributed by atoms with E-state index >= 15 is 0 Å². The van der Waals surface area contributed by atoms with Gasteiger partial charge in [-0.05, 0) is 6.92 Å². The van der Waals surface area contributed by atoms with Crippen LogP contribution in [0, 0.1) is 22.7 Å². The minimum atomic E-state index is -0.556. The van der Waals surface area contributed by atoms with Crippen LogP contribution in [0.2, 0.25) is 0 Å². The Labute approximate surface area is 65.6 Å². The van der Waals surface area contributed by atoms with Crippen LogP contribution >= 0.6 is 12.2 Å². The van der Waals surface area contributed by atoms with Crippen molar-refractivity contribution in [2.24, 2.45) is 5.92 Å². The van der Waals surface area contributed by atoms with Crippen molar-refractivity contribution >= 4 is 22.9 Å². The maximum absolute atomic E-state index is 8.48. The molecule has 0 aromatic heterocycles. The van der Waals surface area contributed by atoms with Gasteiger partial charge in [-0.2, -0.15) is 5.26 Å². The van der Waals surface area contributed by atoms with Crippen LogP contribution in [0.25, 0.3) is 0 Å². The summed E-state index contributed by atoms with van der Waals surface area (Å²) in [6, 6.07) is 1.92. The molecule has 1 atom stereocenters. The van der Waals surface area contributed by atoms with Gasteiger partial charge in [-0.25, -0.2) is 0 Å². The van der Waals surface area contributed by atoms with Gasteiger partial charge in [0.2, 0.25) is 0 Å². The summed E-state index contributed by atoms with van der Waals surface area (Å²) in [5.74, 6) is -0.556. The molecule has 0 aliphatic heterocycles. The minimum Gasteiger partial charge on any atom is -0.381 e. The summed E-state index contributed by atoms with van der Waals surface area (Å²) in [5.41, 5.74) is 0.279. The number of nitriles is 1. The molecule has 1 unspecified atom stereocenters. The molecule has 0 saturated heterocycles. The number of rotatable bonds is 2. The first-order chi connectivity index (χ1) is 4.63. The SMILES string of the molecule is CNC(=S)C(C#N)C(C)=N. The van der Waals surface area contributed by atoms with Gasteiger partial charge >= 0.3 is 0 Å². The third kappa shape index (κ3) is 2.11.